The van der Waals surface area contributed by atoms with Gasteiger partial charge in [-0.3, -0.25) is 0 Å². The Balaban J connectivity index is 2.38. The molecule has 0 heterocycles. The van der Waals surface area contributed by atoms with Gasteiger partial charge >= 0.3 is 0 Å². The predicted octanol–water partition coefficient (Wildman–Crippen LogP) is 3.05. The molecule has 20 heavy (non-hydrogen) atoms. The Morgan fingerprint density at radius 1 is 1.15 bits per heavy atom. The first-order chi connectivity index (χ1) is 9.52. The largest absolute Gasteiger partial charge is 0.388 e. The molecule has 0 aliphatic carbocycles. The molecule has 0 saturated heterocycles. The smallest absolute Gasteiger partial charge is 0.129 e. The van der Waals surface area contributed by atoms with Crippen molar-refractivity contribution in [2.75, 3.05) is 6.54 Å². The second-order valence-corrected chi connectivity index (χ2v) is 4.87. The average molecular weight is 277 g/mol. The van der Waals surface area contributed by atoms with E-state index >= 15 is 0 Å². The monoisotopic (exact) mass is 277 g/mol. The van der Waals surface area contributed by atoms with E-state index in [4.69, 9.17) is 5.73 Å². The fourth-order valence-electron chi connectivity index (χ4n) is 2.29. The summed E-state index contributed by atoms with van der Waals surface area (Å²) in [6.45, 7) is 1.91. The zero-order chi connectivity index (χ0) is 14.7. The molecule has 2 aromatic rings. The topological polar surface area (TPSA) is 46.2 Å². The van der Waals surface area contributed by atoms with Crippen molar-refractivity contribution in [1.82, 2.24) is 0 Å². The van der Waals surface area contributed by atoms with Gasteiger partial charge in [0.05, 0.1) is 6.10 Å². The van der Waals surface area contributed by atoms with E-state index in [1.54, 1.807) is 24.3 Å². The Morgan fingerprint density at radius 2 is 1.90 bits per heavy atom. The predicted molar refractivity (Wildman–Crippen MR) is 74.3 cm³/mol. The average Bonchev–Trinajstić information content (AvgIpc) is 2.42. The van der Waals surface area contributed by atoms with Crippen molar-refractivity contribution in [1.29, 1.82) is 0 Å². The molecule has 0 radical (unpaired) electrons. The summed E-state index contributed by atoms with van der Waals surface area (Å²) in [5, 5.41) is 10.4. The highest BCUT2D eigenvalue weighted by Crippen LogP contribution is 2.32. The van der Waals surface area contributed by atoms with Gasteiger partial charge in [0.2, 0.25) is 0 Å². The Bertz CT molecular complexity index is 601. The lowest BCUT2D eigenvalue weighted by Crippen LogP contribution is -2.21. The fraction of sp³-hybridized carbons (Fsp3) is 0.250. The highest BCUT2D eigenvalue weighted by molar-refractivity contribution is 5.31. The van der Waals surface area contributed by atoms with Gasteiger partial charge in [0.1, 0.15) is 11.6 Å². The molecule has 0 saturated carbocycles. The summed E-state index contributed by atoms with van der Waals surface area (Å²) in [7, 11) is 0. The first-order valence-electron chi connectivity index (χ1n) is 6.42. The van der Waals surface area contributed by atoms with Crippen LogP contribution in [0.1, 0.15) is 28.7 Å². The highest BCUT2D eigenvalue weighted by Gasteiger charge is 2.24. The van der Waals surface area contributed by atoms with Crippen molar-refractivity contribution < 1.29 is 13.9 Å². The molecule has 106 valence electrons. The van der Waals surface area contributed by atoms with Gasteiger partial charge in [0.25, 0.3) is 0 Å². The SMILES string of the molecule is Cc1ccc(F)c(C(O)C(CN)c2cccc(F)c2)c1. The van der Waals surface area contributed by atoms with Crippen LogP contribution in [0.15, 0.2) is 42.5 Å². The molecular formula is C16H17F2NO. The van der Waals surface area contributed by atoms with Crippen LogP contribution in [0.3, 0.4) is 0 Å². The van der Waals surface area contributed by atoms with Gasteiger partial charge in [0, 0.05) is 18.0 Å². The fourth-order valence-corrected chi connectivity index (χ4v) is 2.29. The van der Waals surface area contributed by atoms with E-state index in [2.05, 4.69) is 0 Å². The third kappa shape index (κ3) is 3.03. The van der Waals surface area contributed by atoms with E-state index < -0.39 is 23.7 Å². The van der Waals surface area contributed by atoms with Gasteiger partial charge in [-0.25, -0.2) is 8.78 Å². The van der Waals surface area contributed by atoms with Gasteiger partial charge in [-0.15, -0.1) is 0 Å². The molecular weight excluding hydrogens is 260 g/mol. The summed E-state index contributed by atoms with van der Waals surface area (Å²) < 4.78 is 27.1. The lowest BCUT2D eigenvalue weighted by atomic mass is 9.88. The molecule has 2 atom stereocenters. The van der Waals surface area contributed by atoms with E-state index in [-0.39, 0.29) is 12.1 Å². The number of aliphatic hydroxyl groups excluding tert-OH is 1. The molecule has 4 heteroatoms. The zero-order valence-corrected chi connectivity index (χ0v) is 11.2. The zero-order valence-electron chi connectivity index (χ0n) is 11.2. The van der Waals surface area contributed by atoms with E-state index in [9.17, 15) is 13.9 Å². The van der Waals surface area contributed by atoms with E-state index in [1.807, 2.05) is 6.92 Å². The van der Waals surface area contributed by atoms with Gasteiger partial charge in [-0.2, -0.15) is 0 Å². The van der Waals surface area contributed by atoms with Crippen molar-refractivity contribution in [2.24, 2.45) is 5.73 Å². The molecule has 0 fully saturated rings. The number of aliphatic hydroxyl groups is 1. The third-order valence-electron chi connectivity index (χ3n) is 3.38. The highest BCUT2D eigenvalue weighted by atomic mass is 19.1. The molecule has 0 spiro atoms. The quantitative estimate of drug-likeness (QED) is 0.902. The van der Waals surface area contributed by atoms with Crippen LogP contribution in [-0.2, 0) is 0 Å². The maximum Gasteiger partial charge on any atom is 0.129 e. The number of hydrogen-bond acceptors (Lipinski definition) is 2. The van der Waals surface area contributed by atoms with Crippen LogP contribution < -0.4 is 5.73 Å². The first-order valence-corrected chi connectivity index (χ1v) is 6.42. The minimum atomic E-state index is -1.11. The van der Waals surface area contributed by atoms with E-state index in [1.165, 1.54) is 18.2 Å². The number of aryl methyl sites for hydroxylation is 1. The van der Waals surface area contributed by atoms with Crippen LogP contribution in [0, 0.1) is 18.6 Å². The van der Waals surface area contributed by atoms with Crippen LogP contribution in [-0.4, -0.2) is 11.7 Å². The molecule has 2 rings (SSSR count). The van der Waals surface area contributed by atoms with Gasteiger partial charge in [0.15, 0.2) is 0 Å². The summed E-state index contributed by atoms with van der Waals surface area (Å²) >= 11 is 0. The second kappa shape index (κ2) is 6.11. The second-order valence-electron chi connectivity index (χ2n) is 4.87. The lowest BCUT2D eigenvalue weighted by molar-refractivity contribution is 0.143. The van der Waals surface area contributed by atoms with Gasteiger partial charge < -0.3 is 10.8 Å². The molecule has 0 aliphatic rings. The molecule has 2 aromatic carbocycles. The van der Waals surface area contributed by atoms with Crippen LogP contribution in [0.25, 0.3) is 0 Å². The standard InChI is InChI=1S/C16H17F2NO/c1-10-5-6-15(18)13(7-10)16(20)14(9-19)11-3-2-4-12(17)8-11/h2-8,14,16,20H,9,19H2,1H3. The summed E-state index contributed by atoms with van der Waals surface area (Å²) in [5.41, 5.74) is 7.26. The normalized spacial score (nSPS) is 14.1. The van der Waals surface area contributed by atoms with Crippen molar-refractivity contribution in [2.45, 2.75) is 18.9 Å². The Labute approximate surface area is 116 Å². The molecule has 0 amide bonds. The Kier molecular flexibility index (Phi) is 4.47. The Hall–Kier alpha value is -1.78. The molecule has 0 bridgehead atoms. The summed E-state index contributed by atoms with van der Waals surface area (Å²) in [6.07, 6.45) is -1.11. The van der Waals surface area contributed by atoms with Crippen molar-refractivity contribution >= 4 is 0 Å². The summed E-state index contributed by atoms with van der Waals surface area (Å²) in [6, 6.07) is 10.4. The van der Waals surface area contributed by atoms with Crippen molar-refractivity contribution in [3.63, 3.8) is 0 Å². The summed E-state index contributed by atoms with van der Waals surface area (Å²) in [5.74, 6) is -1.45. The third-order valence-corrected chi connectivity index (χ3v) is 3.38. The van der Waals surface area contributed by atoms with Crippen LogP contribution >= 0.6 is 0 Å². The Morgan fingerprint density at radius 3 is 2.55 bits per heavy atom. The molecule has 3 N–H and O–H groups in total. The van der Waals surface area contributed by atoms with Crippen molar-refractivity contribution in [3.05, 3.63) is 70.8 Å². The lowest BCUT2D eigenvalue weighted by Gasteiger charge is -2.23. The summed E-state index contributed by atoms with van der Waals surface area (Å²) in [4.78, 5) is 0. The van der Waals surface area contributed by atoms with Crippen LogP contribution in [0.5, 0.6) is 0 Å². The van der Waals surface area contributed by atoms with Crippen LogP contribution in [0.2, 0.25) is 0 Å². The minimum Gasteiger partial charge on any atom is -0.388 e. The van der Waals surface area contributed by atoms with Gasteiger partial charge in [-0.05, 0) is 30.7 Å². The maximum absolute atomic E-state index is 13.8. The molecule has 0 aromatic heterocycles. The molecule has 0 aliphatic heterocycles. The van der Waals surface area contributed by atoms with E-state index in [0.717, 1.165) is 5.56 Å². The molecule has 2 nitrogen and oxygen atoms in total. The number of hydrogen-bond donors (Lipinski definition) is 2. The molecule has 2 unspecified atom stereocenters. The van der Waals surface area contributed by atoms with E-state index in [0.29, 0.717) is 5.56 Å². The maximum atomic E-state index is 13.8. The number of halogens is 2. The number of benzene rings is 2. The van der Waals surface area contributed by atoms with Gasteiger partial charge in [-0.1, -0.05) is 29.8 Å². The minimum absolute atomic E-state index is 0.0952. The van der Waals surface area contributed by atoms with Crippen molar-refractivity contribution in [3.8, 4) is 0 Å². The van der Waals surface area contributed by atoms with Crippen LogP contribution in [0.4, 0.5) is 8.78 Å². The number of rotatable bonds is 4. The first kappa shape index (κ1) is 14.6. The number of nitrogens with two attached hydrogens (primary N) is 1.